The van der Waals surface area contributed by atoms with Crippen molar-refractivity contribution in [3.8, 4) is 5.75 Å². The van der Waals surface area contributed by atoms with Crippen molar-refractivity contribution in [2.24, 2.45) is 0 Å². The molecule has 102 valence electrons. The molecule has 20 heavy (non-hydrogen) atoms. The van der Waals surface area contributed by atoms with Gasteiger partial charge in [-0.2, -0.15) is 0 Å². The summed E-state index contributed by atoms with van der Waals surface area (Å²) in [5, 5.41) is 0.978. The molecule has 0 fully saturated rings. The van der Waals surface area contributed by atoms with Gasteiger partial charge in [-0.05, 0) is 29.8 Å². The van der Waals surface area contributed by atoms with Gasteiger partial charge in [-0.25, -0.2) is 4.98 Å². The van der Waals surface area contributed by atoms with Crippen LogP contribution >= 0.6 is 23.2 Å². The van der Waals surface area contributed by atoms with Crippen LogP contribution in [-0.2, 0) is 11.3 Å². The highest BCUT2D eigenvalue weighted by Crippen LogP contribution is 2.35. The average Bonchev–Trinajstić information content (AvgIpc) is 2.44. The zero-order valence-corrected chi connectivity index (χ0v) is 11.9. The van der Waals surface area contributed by atoms with E-state index in [0.717, 1.165) is 5.56 Å². The molecule has 0 bridgehead atoms. The normalized spacial score (nSPS) is 13.9. The SMILES string of the molecule is O=C1COc2ccc(Cl)cc2N1Cc1ccc(Cl)nc1. The maximum absolute atomic E-state index is 12.1. The van der Waals surface area contributed by atoms with E-state index in [1.807, 2.05) is 6.07 Å². The number of hydrogen-bond acceptors (Lipinski definition) is 3. The number of benzene rings is 1. The van der Waals surface area contributed by atoms with Crippen molar-refractivity contribution < 1.29 is 9.53 Å². The maximum atomic E-state index is 12.1. The minimum absolute atomic E-state index is 0.0235. The molecule has 0 unspecified atom stereocenters. The molecule has 1 amide bonds. The van der Waals surface area contributed by atoms with Crippen molar-refractivity contribution in [1.29, 1.82) is 0 Å². The molecule has 1 aromatic carbocycles. The molecular weight excluding hydrogens is 299 g/mol. The average molecular weight is 309 g/mol. The molecule has 0 aliphatic carbocycles. The van der Waals surface area contributed by atoms with Gasteiger partial charge in [-0.15, -0.1) is 0 Å². The number of pyridine rings is 1. The molecule has 0 saturated carbocycles. The fourth-order valence-corrected chi connectivity index (χ4v) is 2.31. The highest BCUT2D eigenvalue weighted by Gasteiger charge is 2.25. The van der Waals surface area contributed by atoms with Crippen LogP contribution in [0, 0.1) is 0 Å². The van der Waals surface area contributed by atoms with Gasteiger partial charge in [-0.1, -0.05) is 29.3 Å². The number of fused-ring (bicyclic) bond motifs is 1. The number of anilines is 1. The Morgan fingerprint density at radius 2 is 2.10 bits per heavy atom. The van der Waals surface area contributed by atoms with Crippen LogP contribution < -0.4 is 9.64 Å². The zero-order valence-electron chi connectivity index (χ0n) is 10.3. The highest BCUT2D eigenvalue weighted by atomic mass is 35.5. The molecule has 1 aliphatic rings. The molecule has 0 N–H and O–H groups in total. The zero-order chi connectivity index (χ0) is 14.1. The minimum Gasteiger partial charge on any atom is -0.482 e. The van der Waals surface area contributed by atoms with E-state index in [2.05, 4.69) is 4.98 Å². The number of amides is 1. The van der Waals surface area contributed by atoms with E-state index in [0.29, 0.717) is 28.2 Å². The lowest BCUT2D eigenvalue weighted by Crippen LogP contribution is -2.38. The molecular formula is C14H10Cl2N2O2. The smallest absolute Gasteiger partial charge is 0.265 e. The van der Waals surface area contributed by atoms with E-state index in [-0.39, 0.29) is 12.5 Å². The van der Waals surface area contributed by atoms with Crippen LogP contribution in [0.4, 0.5) is 5.69 Å². The van der Waals surface area contributed by atoms with Crippen molar-refractivity contribution in [3.05, 3.63) is 52.3 Å². The Hall–Kier alpha value is -1.78. The Labute approximate surface area is 125 Å². The molecule has 3 rings (SSSR count). The summed E-state index contributed by atoms with van der Waals surface area (Å²) >= 11 is 11.7. The van der Waals surface area contributed by atoms with Gasteiger partial charge < -0.3 is 9.64 Å². The summed E-state index contributed by atoms with van der Waals surface area (Å²) in [6.07, 6.45) is 1.65. The number of carbonyl (C=O) groups is 1. The number of hydrogen-bond donors (Lipinski definition) is 0. The van der Waals surface area contributed by atoms with E-state index in [4.69, 9.17) is 27.9 Å². The van der Waals surface area contributed by atoms with Crippen LogP contribution in [0.3, 0.4) is 0 Å². The van der Waals surface area contributed by atoms with E-state index < -0.39 is 0 Å². The quantitative estimate of drug-likeness (QED) is 0.799. The van der Waals surface area contributed by atoms with Crippen molar-refractivity contribution >= 4 is 34.8 Å². The molecule has 0 spiro atoms. The van der Waals surface area contributed by atoms with Crippen molar-refractivity contribution in [3.63, 3.8) is 0 Å². The van der Waals surface area contributed by atoms with Crippen LogP contribution in [-0.4, -0.2) is 17.5 Å². The van der Waals surface area contributed by atoms with E-state index in [9.17, 15) is 4.79 Å². The lowest BCUT2D eigenvalue weighted by molar-refractivity contribution is -0.121. The highest BCUT2D eigenvalue weighted by molar-refractivity contribution is 6.31. The second-order valence-electron chi connectivity index (χ2n) is 4.37. The summed E-state index contributed by atoms with van der Waals surface area (Å²) in [6, 6.07) is 8.75. The fourth-order valence-electron chi connectivity index (χ4n) is 2.03. The van der Waals surface area contributed by atoms with Gasteiger partial charge in [0.25, 0.3) is 5.91 Å². The van der Waals surface area contributed by atoms with Gasteiger partial charge in [0, 0.05) is 11.2 Å². The monoisotopic (exact) mass is 308 g/mol. The van der Waals surface area contributed by atoms with E-state index in [1.54, 1.807) is 35.4 Å². The third-order valence-corrected chi connectivity index (χ3v) is 3.45. The van der Waals surface area contributed by atoms with Gasteiger partial charge >= 0.3 is 0 Å². The molecule has 6 heteroatoms. The lowest BCUT2D eigenvalue weighted by atomic mass is 10.2. The first-order chi connectivity index (χ1) is 9.63. The van der Waals surface area contributed by atoms with Crippen molar-refractivity contribution in [2.45, 2.75) is 6.54 Å². The second-order valence-corrected chi connectivity index (χ2v) is 5.19. The molecule has 1 aromatic heterocycles. The number of nitrogens with zero attached hydrogens (tertiary/aromatic N) is 2. The van der Waals surface area contributed by atoms with Crippen LogP contribution in [0.5, 0.6) is 5.75 Å². The standard InChI is InChI=1S/C14H10Cl2N2O2/c15-10-2-3-12-11(5-10)18(14(19)8-20-12)7-9-1-4-13(16)17-6-9/h1-6H,7-8H2. The maximum Gasteiger partial charge on any atom is 0.265 e. The summed E-state index contributed by atoms with van der Waals surface area (Å²) in [4.78, 5) is 17.7. The molecule has 0 saturated heterocycles. The third kappa shape index (κ3) is 2.57. The fraction of sp³-hybridized carbons (Fsp3) is 0.143. The summed E-state index contributed by atoms with van der Waals surface area (Å²) in [5.74, 6) is 0.533. The number of rotatable bonds is 2. The van der Waals surface area contributed by atoms with Crippen LogP contribution in [0.25, 0.3) is 0 Å². The summed E-state index contributed by atoms with van der Waals surface area (Å²) < 4.78 is 5.39. The second kappa shape index (κ2) is 5.31. The largest absolute Gasteiger partial charge is 0.482 e. The molecule has 2 aromatic rings. The molecule has 0 atom stereocenters. The van der Waals surface area contributed by atoms with Crippen LogP contribution in [0.1, 0.15) is 5.56 Å². The molecule has 1 aliphatic heterocycles. The number of aromatic nitrogens is 1. The summed E-state index contributed by atoms with van der Waals surface area (Å²) in [7, 11) is 0. The summed E-state index contributed by atoms with van der Waals surface area (Å²) in [6.45, 7) is 0.426. The third-order valence-electron chi connectivity index (χ3n) is 2.99. The van der Waals surface area contributed by atoms with E-state index in [1.165, 1.54) is 0 Å². The first kappa shape index (κ1) is 13.2. The number of ether oxygens (including phenoxy) is 1. The van der Waals surface area contributed by atoms with Gasteiger partial charge in [0.1, 0.15) is 10.9 Å². The molecule has 2 heterocycles. The Kier molecular flexibility index (Phi) is 3.51. The Morgan fingerprint density at radius 3 is 2.85 bits per heavy atom. The van der Waals surface area contributed by atoms with E-state index >= 15 is 0 Å². The Bertz CT molecular complexity index is 659. The number of halogens is 2. The van der Waals surface area contributed by atoms with Gasteiger partial charge in [0.15, 0.2) is 6.61 Å². The van der Waals surface area contributed by atoms with Gasteiger partial charge in [-0.3, -0.25) is 4.79 Å². The predicted octanol–water partition coefficient (Wildman–Crippen LogP) is 3.31. The van der Waals surface area contributed by atoms with Gasteiger partial charge in [0.05, 0.1) is 12.2 Å². The first-order valence-corrected chi connectivity index (χ1v) is 6.72. The lowest BCUT2D eigenvalue weighted by Gasteiger charge is -2.29. The van der Waals surface area contributed by atoms with Crippen molar-refractivity contribution in [2.75, 3.05) is 11.5 Å². The Balaban J connectivity index is 1.94. The first-order valence-electron chi connectivity index (χ1n) is 5.96. The Morgan fingerprint density at radius 1 is 1.25 bits per heavy atom. The number of carbonyl (C=O) groups excluding carboxylic acids is 1. The minimum atomic E-state index is -0.116. The molecule has 0 radical (unpaired) electrons. The molecule has 4 nitrogen and oxygen atoms in total. The topological polar surface area (TPSA) is 42.4 Å². The van der Waals surface area contributed by atoms with Gasteiger partial charge in [0.2, 0.25) is 0 Å². The van der Waals surface area contributed by atoms with Crippen molar-refractivity contribution in [1.82, 2.24) is 4.98 Å². The summed E-state index contributed by atoms with van der Waals surface area (Å²) in [5.41, 5.74) is 1.55. The predicted molar refractivity (Wildman–Crippen MR) is 77.4 cm³/mol. The van der Waals surface area contributed by atoms with Crippen LogP contribution in [0.2, 0.25) is 10.2 Å². The van der Waals surface area contributed by atoms with Crippen LogP contribution in [0.15, 0.2) is 36.5 Å².